The third kappa shape index (κ3) is 5.30. The van der Waals surface area contributed by atoms with Crippen molar-refractivity contribution in [3.8, 4) is 0 Å². The third-order valence-electron chi connectivity index (χ3n) is 5.05. The second kappa shape index (κ2) is 8.60. The van der Waals surface area contributed by atoms with Gasteiger partial charge in [-0.05, 0) is 37.8 Å². The Morgan fingerprint density at radius 1 is 1.08 bits per heavy atom. The van der Waals surface area contributed by atoms with Crippen LogP contribution >= 0.6 is 0 Å². The van der Waals surface area contributed by atoms with Crippen molar-refractivity contribution in [2.24, 2.45) is 0 Å². The molecule has 24 heavy (non-hydrogen) atoms. The van der Waals surface area contributed by atoms with Crippen molar-refractivity contribution in [3.63, 3.8) is 0 Å². The van der Waals surface area contributed by atoms with E-state index in [0.29, 0.717) is 19.1 Å². The number of β-amino-alcohol motifs (C(OH)–C–C–N with tert-alkyl or cyclic N) is 1. The van der Waals surface area contributed by atoms with Crippen molar-refractivity contribution < 1.29 is 9.90 Å². The van der Waals surface area contributed by atoms with Gasteiger partial charge in [-0.15, -0.1) is 0 Å². The van der Waals surface area contributed by atoms with Crippen molar-refractivity contribution in [2.45, 2.75) is 44.4 Å². The van der Waals surface area contributed by atoms with Crippen molar-refractivity contribution in [1.29, 1.82) is 0 Å². The van der Waals surface area contributed by atoms with Crippen LogP contribution in [-0.4, -0.2) is 65.7 Å². The molecule has 0 bridgehead atoms. The molecule has 2 aliphatic heterocycles. The molecule has 0 radical (unpaired) electrons. The second-order valence-electron chi connectivity index (χ2n) is 7.13. The van der Waals surface area contributed by atoms with Gasteiger partial charge >= 0.3 is 0 Å². The van der Waals surface area contributed by atoms with Crippen LogP contribution in [0.3, 0.4) is 0 Å². The zero-order chi connectivity index (χ0) is 16.8. The number of nitrogens with one attached hydrogen (secondary N) is 1. The minimum Gasteiger partial charge on any atom is -0.392 e. The van der Waals surface area contributed by atoms with Gasteiger partial charge in [0.25, 0.3) is 0 Å². The van der Waals surface area contributed by atoms with Gasteiger partial charge in [-0.25, -0.2) is 0 Å². The Balaban J connectivity index is 1.36. The maximum atomic E-state index is 12.2. The monoisotopic (exact) mass is 331 g/mol. The van der Waals surface area contributed by atoms with Crippen LogP contribution in [0, 0.1) is 0 Å². The summed E-state index contributed by atoms with van der Waals surface area (Å²) < 4.78 is 0. The summed E-state index contributed by atoms with van der Waals surface area (Å²) in [6, 6.07) is 10.8. The van der Waals surface area contributed by atoms with Gasteiger partial charge < -0.3 is 10.4 Å². The lowest BCUT2D eigenvalue weighted by Crippen LogP contribution is -2.49. The van der Waals surface area contributed by atoms with Crippen molar-refractivity contribution in [3.05, 3.63) is 35.9 Å². The maximum absolute atomic E-state index is 12.2. The zero-order valence-electron chi connectivity index (χ0n) is 14.4. The number of carbonyl (C=O) groups is 1. The van der Waals surface area contributed by atoms with E-state index in [4.69, 9.17) is 0 Å². The predicted molar refractivity (Wildman–Crippen MR) is 94.6 cm³/mol. The Hall–Kier alpha value is -1.43. The number of piperidine rings is 2. The number of nitrogens with zero attached hydrogens (tertiary/aromatic N) is 2. The fourth-order valence-electron chi connectivity index (χ4n) is 3.73. The molecule has 1 aromatic carbocycles. The van der Waals surface area contributed by atoms with Crippen LogP contribution in [0.15, 0.2) is 30.3 Å². The highest BCUT2D eigenvalue weighted by Crippen LogP contribution is 2.14. The first-order chi connectivity index (χ1) is 11.7. The molecule has 0 saturated carbocycles. The number of amides is 1. The first-order valence-corrected chi connectivity index (χ1v) is 9.15. The Bertz CT molecular complexity index is 515. The lowest BCUT2D eigenvalue weighted by Gasteiger charge is -2.33. The quantitative estimate of drug-likeness (QED) is 0.852. The van der Waals surface area contributed by atoms with E-state index in [9.17, 15) is 9.90 Å². The molecule has 132 valence electrons. The molecule has 1 atom stereocenters. The molecular weight excluding hydrogens is 302 g/mol. The summed E-state index contributed by atoms with van der Waals surface area (Å²) in [6.07, 6.45) is 3.60. The number of benzene rings is 1. The molecule has 0 aromatic heterocycles. The normalized spacial score (nSPS) is 24.0. The lowest BCUT2D eigenvalue weighted by atomic mass is 10.0. The smallest absolute Gasteiger partial charge is 0.234 e. The largest absolute Gasteiger partial charge is 0.392 e. The highest BCUT2D eigenvalue weighted by atomic mass is 16.3. The van der Waals surface area contributed by atoms with E-state index in [1.54, 1.807) is 0 Å². The molecule has 5 nitrogen and oxygen atoms in total. The van der Waals surface area contributed by atoms with Crippen LogP contribution in [0.5, 0.6) is 0 Å². The van der Waals surface area contributed by atoms with Gasteiger partial charge in [0.15, 0.2) is 0 Å². The molecule has 3 rings (SSSR count). The van der Waals surface area contributed by atoms with E-state index in [0.717, 1.165) is 51.9 Å². The number of carbonyl (C=O) groups excluding carboxylic acids is 1. The zero-order valence-corrected chi connectivity index (χ0v) is 14.4. The summed E-state index contributed by atoms with van der Waals surface area (Å²) in [6.45, 7) is 5.02. The highest BCUT2D eigenvalue weighted by Gasteiger charge is 2.23. The second-order valence-corrected chi connectivity index (χ2v) is 7.13. The SMILES string of the molecule is O=C(CN1CCCC(O)C1)NC1CCN(Cc2ccccc2)CC1. The Labute approximate surface area is 144 Å². The number of aliphatic hydroxyl groups is 1. The summed E-state index contributed by atoms with van der Waals surface area (Å²) in [7, 11) is 0. The summed E-state index contributed by atoms with van der Waals surface area (Å²) in [5, 5.41) is 12.9. The predicted octanol–water partition coefficient (Wildman–Crippen LogP) is 1.22. The van der Waals surface area contributed by atoms with Crippen LogP contribution in [0.2, 0.25) is 0 Å². The van der Waals surface area contributed by atoms with E-state index in [-0.39, 0.29) is 12.0 Å². The Morgan fingerprint density at radius 2 is 1.83 bits per heavy atom. The van der Waals surface area contributed by atoms with Crippen LogP contribution < -0.4 is 5.32 Å². The van der Waals surface area contributed by atoms with Crippen molar-refractivity contribution in [2.75, 3.05) is 32.7 Å². The molecule has 2 aliphatic rings. The fraction of sp³-hybridized carbons (Fsp3) is 0.632. The average molecular weight is 331 g/mol. The van der Waals surface area contributed by atoms with Gasteiger partial charge in [0.1, 0.15) is 0 Å². The molecule has 2 fully saturated rings. The number of hydrogen-bond acceptors (Lipinski definition) is 4. The number of aliphatic hydroxyl groups excluding tert-OH is 1. The maximum Gasteiger partial charge on any atom is 0.234 e. The van der Waals surface area contributed by atoms with Gasteiger partial charge in [0.05, 0.1) is 12.6 Å². The molecular formula is C19H29N3O2. The number of likely N-dealkylation sites (tertiary alicyclic amines) is 2. The number of rotatable bonds is 5. The molecule has 2 saturated heterocycles. The summed E-state index contributed by atoms with van der Waals surface area (Å²) in [5.41, 5.74) is 1.35. The van der Waals surface area contributed by atoms with Crippen LogP contribution in [0.4, 0.5) is 0 Å². The fourth-order valence-corrected chi connectivity index (χ4v) is 3.73. The Morgan fingerprint density at radius 3 is 2.54 bits per heavy atom. The summed E-state index contributed by atoms with van der Waals surface area (Å²) in [5.74, 6) is 0.102. The molecule has 2 heterocycles. The van der Waals surface area contributed by atoms with E-state index < -0.39 is 0 Å². The minimum atomic E-state index is -0.271. The first kappa shape index (κ1) is 17.4. The van der Waals surface area contributed by atoms with Crippen LogP contribution in [-0.2, 0) is 11.3 Å². The molecule has 1 amide bonds. The number of hydrogen-bond donors (Lipinski definition) is 2. The summed E-state index contributed by atoms with van der Waals surface area (Å²) in [4.78, 5) is 16.7. The van der Waals surface area contributed by atoms with Crippen molar-refractivity contribution >= 4 is 5.91 Å². The van der Waals surface area contributed by atoms with Gasteiger partial charge in [-0.3, -0.25) is 14.6 Å². The topological polar surface area (TPSA) is 55.8 Å². The van der Waals surface area contributed by atoms with E-state index in [1.807, 2.05) is 6.07 Å². The standard InChI is InChI=1S/C19H29N3O2/c23-18-7-4-10-22(14-18)15-19(24)20-17-8-11-21(12-9-17)13-16-5-2-1-3-6-16/h1-3,5-6,17-18,23H,4,7-15H2,(H,20,24). The Kier molecular flexibility index (Phi) is 6.24. The van der Waals surface area contributed by atoms with Gasteiger partial charge in [0.2, 0.25) is 5.91 Å². The van der Waals surface area contributed by atoms with E-state index >= 15 is 0 Å². The lowest BCUT2D eigenvalue weighted by molar-refractivity contribution is -0.124. The summed E-state index contributed by atoms with van der Waals surface area (Å²) >= 11 is 0. The first-order valence-electron chi connectivity index (χ1n) is 9.15. The van der Waals surface area contributed by atoms with E-state index in [1.165, 1.54) is 5.56 Å². The van der Waals surface area contributed by atoms with Gasteiger partial charge in [-0.2, -0.15) is 0 Å². The molecule has 2 N–H and O–H groups in total. The molecule has 0 spiro atoms. The van der Waals surface area contributed by atoms with Crippen LogP contribution in [0.1, 0.15) is 31.2 Å². The molecule has 1 aromatic rings. The molecule has 1 unspecified atom stereocenters. The van der Waals surface area contributed by atoms with Gasteiger partial charge in [-0.1, -0.05) is 30.3 Å². The van der Waals surface area contributed by atoms with Crippen LogP contribution in [0.25, 0.3) is 0 Å². The van der Waals surface area contributed by atoms with Crippen molar-refractivity contribution in [1.82, 2.24) is 15.1 Å². The molecule has 0 aliphatic carbocycles. The van der Waals surface area contributed by atoms with Gasteiger partial charge in [0, 0.05) is 32.2 Å². The van der Waals surface area contributed by atoms with E-state index in [2.05, 4.69) is 39.4 Å². The third-order valence-corrected chi connectivity index (χ3v) is 5.05. The molecule has 5 heteroatoms. The highest BCUT2D eigenvalue weighted by molar-refractivity contribution is 5.78. The average Bonchev–Trinajstić information content (AvgIpc) is 2.57. The minimum absolute atomic E-state index is 0.102.